The smallest absolute Gasteiger partial charge is 0.333 e. The Hall–Kier alpha value is -2.41. The van der Waals surface area contributed by atoms with Crippen LogP contribution in [0.4, 0.5) is 0 Å². The molecule has 0 atom stereocenters. The maximum Gasteiger partial charge on any atom is 0.333 e. The molecule has 0 saturated carbocycles. The molecule has 98 valence electrons. The second kappa shape index (κ2) is 4.04. The number of aromatic nitrogens is 5. The highest BCUT2D eigenvalue weighted by Gasteiger charge is 2.12. The average Bonchev–Trinajstić information content (AvgIpc) is 3.00. The number of rotatable bonds is 1. The monoisotopic (exact) mass is 329 g/mol. The number of halogens is 1. The maximum absolute atomic E-state index is 12.1. The molecule has 0 unspecified atom stereocenters. The largest absolute Gasteiger partial charge is 0.361 e. The fraction of sp³-hybridized carbons (Fsp3) is 0. The van der Waals surface area contributed by atoms with E-state index in [4.69, 9.17) is 0 Å². The van der Waals surface area contributed by atoms with Gasteiger partial charge in [0, 0.05) is 17.1 Å². The molecule has 0 spiro atoms. The van der Waals surface area contributed by atoms with Crippen LogP contribution < -0.4 is 5.69 Å². The summed E-state index contributed by atoms with van der Waals surface area (Å²) in [6.45, 7) is 0. The van der Waals surface area contributed by atoms with Crippen molar-refractivity contribution in [2.24, 2.45) is 0 Å². The number of nitrogens with one attached hydrogen (secondary N) is 2. The van der Waals surface area contributed by atoms with Crippen molar-refractivity contribution < 1.29 is 0 Å². The van der Waals surface area contributed by atoms with Crippen LogP contribution in [0.3, 0.4) is 0 Å². The van der Waals surface area contributed by atoms with Crippen LogP contribution in [0.1, 0.15) is 0 Å². The number of hydrogen-bond donors (Lipinski definition) is 2. The Balaban J connectivity index is 2.07. The second-order valence-corrected chi connectivity index (χ2v) is 5.19. The van der Waals surface area contributed by atoms with Gasteiger partial charge in [-0.15, -0.1) is 0 Å². The highest BCUT2D eigenvalue weighted by Crippen LogP contribution is 2.19. The molecule has 0 fully saturated rings. The molecule has 20 heavy (non-hydrogen) atoms. The lowest BCUT2D eigenvalue weighted by molar-refractivity contribution is 1.000. The lowest BCUT2D eigenvalue weighted by atomic mass is 10.2. The molecular weight excluding hydrogens is 322 g/mol. The van der Waals surface area contributed by atoms with Gasteiger partial charge in [0.1, 0.15) is 4.60 Å². The topological polar surface area (TPSA) is 79.4 Å². The van der Waals surface area contributed by atoms with Crippen molar-refractivity contribution in [3.8, 4) is 5.69 Å². The van der Waals surface area contributed by atoms with Crippen molar-refractivity contribution in [3.63, 3.8) is 0 Å². The van der Waals surface area contributed by atoms with Crippen LogP contribution in [0.2, 0.25) is 0 Å². The summed E-state index contributed by atoms with van der Waals surface area (Å²) in [5.41, 5.74) is 2.48. The molecule has 0 saturated heterocycles. The Morgan fingerprint density at radius 2 is 2.15 bits per heavy atom. The molecule has 1 aromatic carbocycles. The quantitative estimate of drug-likeness (QED) is 0.562. The van der Waals surface area contributed by atoms with Gasteiger partial charge in [0.15, 0.2) is 11.3 Å². The third kappa shape index (κ3) is 1.60. The molecule has 6 nitrogen and oxygen atoms in total. The number of benzene rings is 1. The molecular formula is C13H8BrN5O. The second-order valence-electron chi connectivity index (χ2n) is 4.38. The van der Waals surface area contributed by atoms with Crippen molar-refractivity contribution in [1.82, 2.24) is 24.5 Å². The summed E-state index contributed by atoms with van der Waals surface area (Å²) in [6.07, 6.45) is 3.42. The van der Waals surface area contributed by atoms with Crippen molar-refractivity contribution >= 4 is 38.1 Å². The van der Waals surface area contributed by atoms with Gasteiger partial charge in [-0.3, -0.25) is 4.98 Å². The first kappa shape index (κ1) is 11.4. The van der Waals surface area contributed by atoms with Gasteiger partial charge in [0.25, 0.3) is 0 Å². The van der Waals surface area contributed by atoms with Crippen LogP contribution >= 0.6 is 15.9 Å². The normalized spacial score (nSPS) is 11.4. The minimum Gasteiger partial charge on any atom is -0.361 e. The Bertz CT molecular complexity index is 997. The number of nitrogens with zero attached hydrogens (tertiary/aromatic N) is 3. The summed E-state index contributed by atoms with van der Waals surface area (Å²) in [6, 6.07) is 7.70. The SMILES string of the molecule is O=c1[nH]c2ncc(Br)nc2n1-c1ccc2[nH]ccc2c1. The molecule has 7 heteroatoms. The lowest BCUT2D eigenvalue weighted by Crippen LogP contribution is -2.14. The predicted octanol–water partition coefficient (Wildman–Crippen LogP) is 2.35. The molecule has 0 amide bonds. The van der Waals surface area contributed by atoms with Crippen molar-refractivity contribution in [1.29, 1.82) is 0 Å². The molecule has 4 rings (SSSR count). The van der Waals surface area contributed by atoms with Crippen LogP contribution in [0, 0.1) is 0 Å². The van der Waals surface area contributed by atoms with E-state index in [1.165, 1.54) is 4.57 Å². The van der Waals surface area contributed by atoms with E-state index < -0.39 is 0 Å². The zero-order valence-electron chi connectivity index (χ0n) is 10.1. The van der Waals surface area contributed by atoms with Gasteiger partial charge in [-0.05, 0) is 40.2 Å². The molecule has 2 N–H and O–H groups in total. The summed E-state index contributed by atoms with van der Waals surface area (Å²) >= 11 is 3.27. The number of hydrogen-bond acceptors (Lipinski definition) is 3. The Morgan fingerprint density at radius 1 is 1.25 bits per heavy atom. The lowest BCUT2D eigenvalue weighted by Gasteiger charge is -2.02. The van der Waals surface area contributed by atoms with E-state index >= 15 is 0 Å². The van der Waals surface area contributed by atoms with Crippen LogP contribution in [-0.2, 0) is 0 Å². The minimum absolute atomic E-state index is 0.256. The number of imidazole rings is 1. The van der Waals surface area contributed by atoms with Crippen LogP contribution in [0.25, 0.3) is 27.9 Å². The molecule has 0 aliphatic heterocycles. The van der Waals surface area contributed by atoms with Gasteiger partial charge >= 0.3 is 5.69 Å². The Kier molecular flexibility index (Phi) is 2.31. The van der Waals surface area contributed by atoms with E-state index in [1.54, 1.807) is 6.20 Å². The molecule has 0 aliphatic carbocycles. The summed E-state index contributed by atoms with van der Waals surface area (Å²) < 4.78 is 2.10. The molecule has 4 aromatic rings. The standard InChI is InChI=1S/C13H8BrN5O/c14-10-6-16-11-12(17-10)19(13(20)18-11)8-1-2-9-7(5-8)3-4-15-9/h1-6,15H,(H,16,18,20). The first-order valence-electron chi connectivity index (χ1n) is 5.93. The average molecular weight is 330 g/mol. The highest BCUT2D eigenvalue weighted by atomic mass is 79.9. The van der Waals surface area contributed by atoms with Crippen LogP contribution in [0.5, 0.6) is 0 Å². The molecule has 3 aromatic heterocycles. The predicted molar refractivity (Wildman–Crippen MR) is 79.0 cm³/mol. The van der Waals surface area contributed by atoms with E-state index in [-0.39, 0.29) is 5.69 Å². The summed E-state index contributed by atoms with van der Waals surface area (Å²) in [7, 11) is 0. The minimum atomic E-state index is -0.256. The fourth-order valence-electron chi connectivity index (χ4n) is 2.28. The zero-order valence-corrected chi connectivity index (χ0v) is 11.7. The summed E-state index contributed by atoms with van der Waals surface area (Å²) in [5, 5.41) is 1.03. The van der Waals surface area contributed by atoms with Crippen molar-refractivity contribution in [3.05, 3.63) is 51.7 Å². The summed E-state index contributed by atoms with van der Waals surface area (Å²) in [4.78, 5) is 26.4. The number of aromatic amines is 2. The van der Waals surface area contributed by atoms with E-state index in [0.29, 0.717) is 15.9 Å². The first-order chi connectivity index (χ1) is 9.72. The molecule has 0 radical (unpaired) electrons. The van der Waals surface area contributed by atoms with E-state index in [9.17, 15) is 4.79 Å². The third-order valence-corrected chi connectivity index (χ3v) is 3.54. The van der Waals surface area contributed by atoms with E-state index in [1.807, 2.05) is 30.5 Å². The van der Waals surface area contributed by atoms with Gasteiger partial charge in [0.2, 0.25) is 0 Å². The van der Waals surface area contributed by atoms with Crippen molar-refractivity contribution in [2.75, 3.05) is 0 Å². The van der Waals surface area contributed by atoms with E-state index in [2.05, 4.69) is 35.9 Å². The van der Waals surface area contributed by atoms with Gasteiger partial charge in [-0.1, -0.05) is 0 Å². The molecule has 0 bridgehead atoms. The van der Waals surface area contributed by atoms with Gasteiger partial charge < -0.3 is 4.98 Å². The van der Waals surface area contributed by atoms with Crippen LogP contribution in [-0.4, -0.2) is 24.5 Å². The highest BCUT2D eigenvalue weighted by molar-refractivity contribution is 9.10. The van der Waals surface area contributed by atoms with Gasteiger partial charge in [-0.25, -0.2) is 19.3 Å². The number of fused-ring (bicyclic) bond motifs is 2. The number of H-pyrrole nitrogens is 2. The molecule has 3 heterocycles. The maximum atomic E-state index is 12.1. The first-order valence-corrected chi connectivity index (χ1v) is 6.72. The Labute approximate surface area is 120 Å². The van der Waals surface area contributed by atoms with Crippen molar-refractivity contribution in [2.45, 2.75) is 0 Å². The van der Waals surface area contributed by atoms with Gasteiger partial charge in [-0.2, -0.15) is 0 Å². The third-order valence-electron chi connectivity index (χ3n) is 3.16. The van der Waals surface area contributed by atoms with Crippen LogP contribution in [0.15, 0.2) is 46.1 Å². The van der Waals surface area contributed by atoms with E-state index in [0.717, 1.165) is 16.6 Å². The Morgan fingerprint density at radius 3 is 3.05 bits per heavy atom. The fourth-order valence-corrected chi connectivity index (χ4v) is 2.55. The van der Waals surface area contributed by atoms with Gasteiger partial charge in [0.05, 0.1) is 11.9 Å². The summed E-state index contributed by atoms with van der Waals surface area (Å²) in [5.74, 6) is 0. The zero-order chi connectivity index (χ0) is 13.7. The molecule has 0 aliphatic rings.